The molecule has 0 bridgehead atoms. The van der Waals surface area contributed by atoms with Crippen LogP contribution in [0.2, 0.25) is 0 Å². The summed E-state index contributed by atoms with van der Waals surface area (Å²) in [5.41, 5.74) is 5.32. The zero-order chi connectivity index (χ0) is 31.8. The van der Waals surface area contributed by atoms with Crippen molar-refractivity contribution >= 4 is 65.2 Å². The zero-order valence-electron chi connectivity index (χ0n) is 25.7. The SMILES string of the molecule is O=c1c2ccccc2c2ccc3c4c5ccccc5ccc4n(-c4nc(-c5ccccc5)nc5ccccc45)c3c2n1-c1ccccc1. The minimum Gasteiger partial charge on any atom is -0.291 e. The monoisotopic (exact) mass is 614 g/mol. The molecule has 0 fully saturated rings. The quantitative estimate of drug-likeness (QED) is 0.186. The largest absolute Gasteiger partial charge is 0.291 e. The van der Waals surface area contributed by atoms with Crippen LogP contribution in [0.25, 0.3) is 88.0 Å². The van der Waals surface area contributed by atoms with Crippen LogP contribution in [0.1, 0.15) is 0 Å². The molecule has 0 aliphatic rings. The predicted octanol–water partition coefficient (Wildman–Crippen LogP) is 10.0. The van der Waals surface area contributed by atoms with Crippen molar-refractivity contribution in [3.8, 4) is 22.9 Å². The van der Waals surface area contributed by atoms with Crippen molar-refractivity contribution in [2.24, 2.45) is 0 Å². The van der Waals surface area contributed by atoms with Gasteiger partial charge in [-0.05, 0) is 52.6 Å². The Hall–Kier alpha value is -6.59. The third-order valence-corrected chi connectivity index (χ3v) is 9.51. The van der Waals surface area contributed by atoms with E-state index < -0.39 is 0 Å². The van der Waals surface area contributed by atoms with Crippen LogP contribution >= 0.6 is 0 Å². The number of nitrogens with zero attached hydrogens (tertiary/aromatic N) is 4. The lowest BCUT2D eigenvalue weighted by atomic mass is 10.0. The number of para-hydroxylation sites is 2. The summed E-state index contributed by atoms with van der Waals surface area (Å²) in [6.45, 7) is 0. The van der Waals surface area contributed by atoms with Gasteiger partial charge in [-0.3, -0.25) is 13.9 Å². The Kier molecular flexibility index (Phi) is 5.66. The van der Waals surface area contributed by atoms with E-state index in [9.17, 15) is 4.79 Å². The molecule has 48 heavy (non-hydrogen) atoms. The number of benzene rings is 7. The Morgan fingerprint density at radius 3 is 1.88 bits per heavy atom. The highest BCUT2D eigenvalue weighted by Crippen LogP contribution is 2.42. The summed E-state index contributed by atoms with van der Waals surface area (Å²) in [5, 5.41) is 8.00. The van der Waals surface area contributed by atoms with Gasteiger partial charge in [0.25, 0.3) is 5.56 Å². The fourth-order valence-corrected chi connectivity index (χ4v) is 7.42. The Morgan fingerprint density at radius 2 is 1.06 bits per heavy atom. The minimum absolute atomic E-state index is 0.0593. The number of rotatable bonds is 3. The van der Waals surface area contributed by atoms with Crippen molar-refractivity contribution in [3.63, 3.8) is 0 Å². The molecule has 0 unspecified atom stereocenters. The Morgan fingerprint density at radius 1 is 0.438 bits per heavy atom. The first-order valence-corrected chi connectivity index (χ1v) is 16.1. The molecule has 0 atom stereocenters. The maximum atomic E-state index is 14.6. The molecule has 0 radical (unpaired) electrons. The van der Waals surface area contributed by atoms with E-state index in [2.05, 4.69) is 65.2 Å². The van der Waals surface area contributed by atoms with Crippen LogP contribution in [0.4, 0.5) is 0 Å². The summed E-state index contributed by atoms with van der Waals surface area (Å²) in [7, 11) is 0. The average Bonchev–Trinajstić information content (AvgIpc) is 3.50. The van der Waals surface area contributed by atoms with Crippen LogP contribution in [0, 0.1) is 0 Å². The van der Waals surface area contributed by atoms with Crippen molar-refractivity contribution in [1.82, 2.24) is 19.1 Å². The summed E-state index contributed by atoms with van der Waals surface area (Å²) in [6.07, 6.45) is 0. The van der Waals surface area contributed by atoms with Crippen LogP contribution in [0.3, 0.4) is 0 Å². The molecule has 5 nitrogen and oxygen atoms in total. The molecule has 0 saturated heterocycles. The Labute approximate surface area is 274 Å². The van der Waals surface area contributed by atoms with Gasteiger partial charge in [0.05, 0.1) is 22.1 Å². The van der Waals surface area contributed by atoms with Gasteiger partial charge in [0.15, 0.2) is 5.82 Å². The van der Waals surface area contributed by atoms with Crippen LogP contribution in [0.5, 0.6) is 0 Å². The third-order valence-electron chi connectivity index (χ3n) is 9.51. The third kappa shape index (κ3) is 3.76. The van der Waals surface area contributed by atoms with Gasteiger partial charge in [0, 0.05) is 38.2 Å². The summed E-state index contributed by atoms with van der Waals surface area (Å²) < 4.78 is 4.16. The summed E-state index contributed by atoms with van der Waals surface area (Å²) in [6, 6.07) is 53.4. The number of pyridine rings is 1. The standard InChI is InChI=1S/C43H26N4O/c48-43-33-20-10-9-19-31(33)32-24-25-35-38-30-18-8-7-13-27(30)23-26-37(38)47(40(35)39(32)46(43)29-16-5-2-6-17-29)42-34-21-11-12-22-36(34)44-41(45-42)28-14-3-1-4-15-28/h1-26H. The number of fused-ring (bicyclic) bond motifs is 10. The molecule has 3 heterocycles. The van der Waals surface area contributed by atoms with E-state index in [-0.39, 0.29) is 5.56 Å². The van der Waals surface area contributed by atoms with Gasteiger partial charge in [0.1, 0.15) is 5.82 Å². The van der Waals surface area contributed by atoms with Crippen molar-refractivity contribution < 1.29 is 0 Å². The Balaban J connectivity index is 1.51. The van der Waals surface area contributed by atoms with E-state index in [1.165, 1.54) is 0 Å². The van der Waals surface area contributed by atoms with E-state index in [1.54, 1.807) is 0 Å². The second-order valence-electron chi connectivity index (χ2n) is 12.1. The zero-order valence-corrected chi connectivity index (χ0v) is 25.7. The molecule has 0 N–H and O–H groups in total. The maximum absolute atomic E-state index is 14.6. The van der Waals surface area contributed by atoms with Gasteiger partial charge in [-0.1, -0.05) is 121 Å². The van der Waals surface area contributed by atoms with Gasteiger partial charge < -0.3 is 0 Å². The highest BCUT2D eigenvalue weighted by molar-refractivity contribution is 6.27. The van der Waals surface area contributed by atoms with E-state index in [1.807, 2.05) is 102 Å². The molecule has 7 aromatic carbocycles. The lowest BCUT2D eigenvalue weighted by molar-refractivity contribution is 1.04. The smallest absolute Gasteiger partial charge is 0.263 e. The molecule has 224 valence electrons. The first-order chi connectivity index (χ1) is 23.8. The number of hydrogen-bond acceptors (Lipinski definition) is 3. The van der Waals surface area contributed by atoms with E-state index in [0.29, 0.717) is 11.2 Å². The van der Waals surface area contributed by atoms with Gasteiger partial charge in [-0.15, -0.1) is 0 Å². The second kappa shape index (κ2) is 10.2. The first kappa shape index (κ1) is 26.6. The number of hydrogen-bond donors (Lipinski definition) is 0. The molecule has 0 aliphatic heterocycles. The highest BCUT2D eigenvalue weighted by atomic mass is 16.1. The van der Waals surface area contributed by atoms with Crippen LogP contribution in [-0.4, -0.2) is 19.1 Å². The Bertz CT molecular complexity index is 2960. The fraction of sp³-hybridized carbons (Fsp3) is 0. The topological polar surface area (TPSA) is 52.7 Å². The van der Waals surface area contributed by atoms with Crippen molar-refractivity contribution in [2.75, 3.05) is 0 Å². The lowest BCUT2D eigenvalue weighted by Gasteiger charge is -2.17. The molecule has 0 aliphatic carbocycles. The molecular formula is C43H26N4O. The first-order valence-electron chi connectivity index (χ1n) is 16.1. The molecular weight excluding hydrogens is 589 g/mol. The van der Waals surface area contributed by atoms with Crippen LogP contribution in [0.15, 0.2) is 163 Å². The number of aromatic nitrogens is 4. The highest BCUT2D eigenvalue weighted by Gasteiger charge is 2.24. The molecule has 0 saturated carbocycles. The van der Waals surface area contributed by atoms with E-state index in [0.717, 1.165) is 76.8 Å². The van der Waals surface area contributed by atoms with Gasteiger partial charge in [-0.2, -0.15) is 0 Å². The fourth-order valence-electron chi connectivity index (χ4n) is 7.42. The van der Waals surface area contributed by atoms with Crippen LogP contribution < -0.4 is 5.56 Å². The van der Waals surface area contributed by atoms with Crippen molar-refractivity contribution in [1.29, 1.82) is 0 Å². The molecule has 0 amide bonds. The normalized spacial score (nSPS) is 11.8. The van der Waals surface area contributed by atoms with E-state index >= 15 is 0 Å². The van der Waals surface area contributed by atoms with E-state index in [4.69, 9.17) is 9.97 Å². The van der Waals surface area contributed by atoms with Crippen LogP contribution in [-0.2, 0) is 0 Å². The molecule has 10 aromatic rings. The summed E-state index contributed by atoms with van der Waals surface area (Å²) >= 11 is 0. The predicted molar refractivity (Wildman–Crippen MR) is 197 cm³/mol. The average molecular weight is 615 g/mol. The molecule has 5 heteroatoms. The van der Waals surface area contributed by atoms with Gasteiger partial charge in [0.2, 0.25) is 0 Å². The van der Waals surface area contributed by atoms with Gasteiger partial charge in [-0.25, -0.2) is 9.97 Å². The molecule has 10 rings (SSSR count). The lowest BCUT2D eigenvalue weighted by Crippen LogP contribution is -2.20. The van der Waals surface area contributed by atoms with Gasteiger partial charge >= 0.3 is 0 Å². The maximum Gasteiger partial charge on any atom is 0.263 e. The van der Waals surface area contributed by atoms with Crippen molar-refractivity contribution in [3.05, 3.63) is 168 Å². The van der Waals surface area contributed by atoms with Crippen molar-refractivity contribution in [2.45, 2.75) is 0 Å². The summed E-state index contributed by atoms with van der Waals surface area (Å²) in [4.78, 5) is 25.0. The molecule has 0 spiro atoms. The second-order valence-corrected chi connectivity index (χ2v) is 12.1. The molecule has 3 aromatic heterocycles. The summed E-state index contributed by atoms with van der Waals surface area (Å²) in [5.74, 6) is 1.41. The minimum atomic E-state index is -0.0593.